The molecule has 1 unspecified atom stereocenters. The largest absolute Gasteiger partial charge is 0.378 e. The predicted octanol–water partition coefficient (Wildman–Crippen LogP) is 2.51. The summed E-state index contributed by atoms with van der Waals surface area (Å²) < 4.78 is 5.35. The Morgan fingerprint density at radius 3 is 2.52 bits per heavy atom. The highest BCUT2D eigenvalue weighted by molar-refractivity contribution is 5.99. The van der Waals surface area contributed by atoms with E-state index in [0.717, 1.165) is 30.4 Å². The van der Waals surface area contributed by atoms with Crippen molar-refractivity contribution in [3.05, 3.63) is 70.8 Å². The molecule has 0 spiro atoms. The molecule has 0 radical (unpaired) electrons. The number of morpholine rings is 1. The van der Waals surface area contributed by atoms with Crippen molar-refractivity contribution < 1.29 is 14.3 Å². The maximum Gasteiger partial charge on any atom is 0.252 e. The van der Waals surface area contributed by atoms with Crippen LogP contribution in [0.15, 0.2) is 48.5 Å². The standard InChI is InChI=1S/C22H24N2O3/c25-21(19-11-5-9-16-8-4-10-18(16)19)23-20(17-6-2-1-3-7-17)22(26)24-12-14-27-15-13-24/h1-3,5-7,9,11,20H,4,8,10,12-15H2,(H,23,25). The molecule has 140 valence electrons. The van der Waals surface area contributed by atoms with E-state index >= 15 is 0 Å². The van der Waals surface area contributed by atoms with E-state index in [1.54, 1.807) is 4.90 Å². The Labute approximate surface area is 159 Å². The summed E-state index contributed by atoms with van der Waals surface area (Å²) >= 11 is 0. The minimum atomic E-state index is -0.686. The van der Waals surface area contributed by atoms with Gasteiger partial charge < -0.3 is 15.0 Å². The van der Waals surface area contributed by atoms with Crippen molar-refractivity contribution in [2.45, 2.75) is 25.3 Å². The number of hydrogen-bond donors (Lipinski definition) is 1. The summed E-state index contributed by atoms with van der Waals surface area (Å²) in [7, 11) is 0. The average molecular weight is 364 g/mol. The molecule has 2 amide bonds. The molecule has 2 aliphatic rings. The van der Waals surface area contributed by atoms with Gasteiger partial charge in [-0.05, 0) is 42.0 Å². The minimum Gasteiger partial charge on any atom is -0.378 e. The number of fused-ring (bicyclic) bond motifs is 1. The molecule has 4 rings (SSSR count). The molecule has 2 aromatic rings. The van der Waals surface area contributed by atoms with Crippen LogP contribution in [0.25, 0.3) is 0 Å². The lowest BCUT2D eigenvalue weighted by molar-refractivity contribution is -0.137. The van der Waals surface area contributed by atoms with Gasteiger partial charge >= 0.3 is 0 Å². The molecule has 1 fully saturated rings. The molecular formula is C22H24N2O3. The number of aryl methyl sites for hydroxylation is 1. The molecule has 0 aromatic heterocycles. The maximum atomic E-state index is 13.2. The molecule has 1 aliphatic carbocycles. The molecule has 1 atom stereocenters. The Kier molecular flexibility index (Phi) is 5.21. The van der Waals surface area contributed by atoms with Gasteiger partial charge in [0.2, 0.25) is 5.91 Å². The molecule has 5 nitrogen and oxygen atoms in total. The third-order valence-corrected chi connectivity index (χ3v) is 5.37. The lowest BCUT2D eigenvalue weighted by Gasteiger charge is -2.31. The van der Waals surface area contributed by atoms with Gasteiger partial charge in [-0.1, -0.05) is 42.5 Å². The van der Waals surface area contributed by atoms with Crippen LogP contribution in [0.4, 0.5) is 0 Å². The Morgan fingerprint density at radius 1 is 0.963 bits per heavy atom. The van der Waals surface area contributed by atoms with Crippen LogP contribution in [-0.4, -0.2) is 43.0 Å². The van der Waals surface area contributed by atoms with E-state index in [9.17, 15) is 9.59 Å². The first kappa shape index (κ1) is 17.7. The highest BCUT2D eigenvalue weighted by Crippen LogP contribution is 2.26. The smallest absolute Gasteiger partial charge is 0.252 e. The van der Waals surface area contributed by atoms with Gasteiger partial charge in [0, 0.05) is 18.7 Å². The van der Waals surface area contributed by atoms with Crippen molar-refractivity contribution >= 4 is 11.8 Å². The van der Waals surface area contributed by atoms with Crippen molar-refractivity contribution in [3.8, 4) is 0 Å². The molecule has 0 bridgehead atoms. The summed E-state index contributed by atoms with van der Waals surface area (Å²) in [6.07, 6.45) is 3.02. The fourth-order valence-electron chi connectivity index (χ4n) is 3.94. The van der Waals surface area contributed by atoms with E-state index in [4.69, 9.17) is 4.74 Å². The van der Waals surface area contributed by atoms with Crippen LogP contribution in [0, 0.1) is 0 Å². The number of rotatable bonds is 4. The fraction of sp³-hybridized carbons (Fsp3) is 0.364. The molecule has 0 saturated carbocycles. The zero-order chi connectivity index (χ0) is 18.6. The van der Waals surface area contributed by atoms with Crippen LogP contribution in [-0.2, 0) is 22.4 Å². The predicted molar refractivity (Wildman–Crippen MR) is 103 cm³/mol. The van der Waals surface area contributed by atoms with Crippen LogP contribution < -0.4 is 5.32 Å². The molecular weight excluding hydrogens is 340 g/mol. The van der Waals surface area contributed by atoms with Crippen LogP contribution >= 0.6 is 0 Å². The Bertz CT molecular complexity index is 829. The number of carbonyl (C=O) groups is 2. The van der Waals surface area contributed by atoms with Gasteiger partial charge in [0.25, 0.3) is 5.91 Å². The number of amides is 2. The molecule has 27 heavy (non-hydrogen) atoms. The SMILES string of the molecule is O=C(NC(C(=O)N1CCOCC1)c1ccccc1)c1cccc2c1CCC2. The Balaban J connectivity index is 1.60. The van der Waals surface area contributed by atoms with E-state index in [0.29, 0.717) is 31.9 Å². The summed E-state index contributed by atoms with van der Waals surface area (Å²) in [4.78, 5) is 28.0. The third kappa shape index (κ3) is 3.74. The van der Waals surface area contributed by atoms with Crippen LogP contribution in [0.2, 0.25) is 0 Å². The number of ether oxygens (including phenoxy) is 1. The van der Waals surface area contributed by atoms with Gasteiger partial charge in [0.15, 0.2) is 0 Å². The Hall–Kier alpha value is -2.66. The summed E-state index contributed by atoms with van der Waals surface area (Å²) in [6.45, 7) is 2.18. The first-order valence-electron chi connectivity index (χ1n) is 9.57. The van der Waals surface area contributed by atoms with Gasteiger partial charge in [-0.25, -0.2) is 0 Å². The molecule has 1 saturated heterocycles. The van der Waals surface area contributed by atoms with Gasteiger partial charge in [-0.15, -0.1) is 0 Å². The van der Waals surface area contributed by atoms with Crippen molar-refractivity contribution in [2.24, 2.45) is 0 Å². The Morgan fingerprint density at radius 2 is 1.74 bits per heavy atom. The molecule has 5 heteroatoms. The summed E-state index contributed by atoms with van der Waals surface area (Å²) in [6, 6.07) is 14.7. The summed E-state index contributed by atoms with van der Waals surface area (Å²) in [5.74, 6) is -0.255. The van der Waals surface area contributed by atoms with Gasteiger partial charge in [0.1, 0.15) is 6.04 Å². The monoisotopic (exact) mass is 364 g/mol. The van der Waals surface area contributed by atoms with Crippen LogP contribution in [0.5, 0.6) is 0 Å². The van der Waals surface area contributed by atoms with E-state index in [-0.39, 0.29) is 11.8 Å². The topological polar surface area (TPSA) is 58.6 Å². The number of hydrogen-bond acceptors (Lipinski definition) is 3. The van der Waals surface area contributed by atoms with E-state index < -0.39 is 6.04 Å². The zero-order valence-electron chi connectivity index (χ0n) is 15.3. The van der Waals surface area contributed by atoms with Crippen molar-refractivity contribution in [2.75, 3.05) is 26.3 Å². The zero-order valence-corrected chi connectivity index (χ0v) is 15.3. The second-order valence-corrected chi connectivity index (χ2v) is 7.05. The summed E-state index contributed by atoms with van der Waals surface area (Å²) in [5, 5.41) is 3.01. The third-order valence-electron chi connectivity index (χ3n) is 5.37. The first-order valence-corrected chi connectivity index (χ1v) is 9.57. The van der Waals surface area contributed by atoms with Crippen molar-refractivity contribution in [1.82, 2.24) is 10.2 Å². The summed E-state index contributed by atoms with van der Waals surface area (Å²) in [5.41, 5.74) is 3.87. The first-order chi connectivity index (χ1) is 13.2. The average Bonchev–Trinajstić information content (AvgIpc) is 3.21. The van der Waals surface area contributed by atoms with Gasteiger partial charge in [0.05, 0.1) is 13.2 Å². The molecule has 1 aliphatic heterocycles. The van der Waals surface area contributed by atoms with Crippen molar-refractivity contribution in [1.29, 1.82) is 0 Å². The second-order valence-electron chi connectivity index (χ2n) is 7.05. The van der Waals surface area contributed by atoms with Crippen LogP contribution in [0.3, 0.4) is 0 Å². The molecule has 1 heterocycles. The number of nitrogens with zero attached hydrogens (tertiary/aromatic N) is 1. The molecule has 2 aromatic carbocycles. The number of carbonyl (C=O) groups excluding carboxylic acids is 2. The highest BCUT2D eigenvalue weighted by Gasteiger charge is 2.30. The highest BCUT2D eigenvalue weighted by atomic mass is 16.5. The van der Waals surface area contributed by atoms with Gasteiger partial charge in [-0.3, -0.25) is 9.59 Å². The minimum absolute atomic E-state index is 0.0783. The van der Waals surface area contributed by atoms with Crippen molar-refractivity contribution in [3.63, 3.8) is 0 Å². The number of nitrogens with one attached hydrogen (secondary N) is 1. The quantitative estimate of drug-likeness (QED) is 0.907. The normalized spacial score (nSPS) is 17.3. The van der Waals surface area contributed by atoms with E-state index in [1.165, 1.54) is 5.56 Å². The lowest BCUT2D eigenvalue weighted by atomic mass is 10.0. The molecule has 1 N–H and O–H groups in total. The second kappa shape index (κ2) is 7.92. The van der Waals surface area contributed by atoms with E-state index in [1.807, 2.05) is 42.5 Å². The van der Waals surface area contributed by atoms with Gasteiger partial charge in [-0.2, -0.15) is 0 Å². The maximum absolute atomic E-state index is 13.2. The van der Waals surface area contributed by atoms with E-state index in [2.05, 4.69) is 11.4 Å². The van der Waals surface area contributed by atoms with Crippen LogP contribution in [0.1, 0.15) is 39.5 Å². The lowest BCUT2D eigenvalue weighted by Crippen LogP contribution is -2.47. The number of benzene rings is 2. The fourth-order valence-corrected chi connectivity index (χ4v) is 3.94.